The highest BCUT2D eigenvalue weighted by Crippen LogP contribution is 1.97. The summed E-state index contributed by atoms with van der Waals surface area (Å²) < 4.78 is 94.6. The predicted octanol–water partition coefficient (Wildman–Crippen LogP) is -0.998. The van der Waals surface area contributed by atoms with Gasteiger partial charge < -0.3 is 127 Å². The van der Waals surface area contributed by atoms with Crippen molar-refractivity contribution in [3.05, 3.63) is 0 Å². The summed E-state index contributed by atoms with van der Waals surface area (Å²) in [7, 11) is 5.61. The fourth-order valence-corrected chi connectivity index (χ4v) is 6.91. The molecular formula is C69H133N7O28. The van der Waals surface area contributed by atoms with Crippen LogP contribution in [0.2, 0.25) is 0 Å². The first-order valence-electron chi connectivity index (χ1n) is 35.9. The molecule has 4 amide bonds. The summed E-state index contributed by atoms with van der Waals surface area (Å²) in [5.41, 5.74) is 0. The molecule has 0 fully saturated rings. The summed E-state index contributed by atoms with van der Waals surface area (Å²) in [4.78, 5) is 113. The standard InChI is InChI=1S/C41H75N3O18.C14H28N2O6.C8H17NO3.C6H13NO/c1-3-4-12-51-20-27-60-33-39(48)43-10-16-55-22-29-62-35-41(50)44-11-17-56-23-28-61-34-40(49)42-9-15-54-21-26-59-32-38(47)8-6-14-53-19-25-58-31-37(46)7-5-13-52-18-24-57-30-36(2)45;1-13(17)11-21-9-7-20-6-4-16-14(18)12-22-10-8-19-5-3-15-2;1-8(10)7-12-6-5-11-4-3-9-2;1-6(8)4-3-5-7-2/h3-35H2,1-2H3,(H,42,49)(H,43,48)(H,44,50);15H,3-12H2,1-2H3,(H,16,18);9H,3-7H2,1-2H3;7H,3-5H2,1-2H3. The summed E-state index contributed by atoms with van der Waals surface area (Å²) in [5.74, 6) is -0.805. The Balaban J connectivity index is -0.000000950. The Labute approximate surface area is 617 Å². The highest BCUT2D eigenvalue weighted by Gasteiger charge is 2.08. The van der Waals surface area contributed by atoms with E-state index in [0.29, 0.717) is 177 Å². The van der Waals surface area contributed by atoms with Gasteiger partial charge in [-0.2, -0.15) is 0 Å². The largest absolute Gasteiger partial charge is 0.379 e. The number of unbranched alkanes of at least 4 members (excludes halogenated alkanes) is 1. The van der Waals surface area contributed by atoms with Gasteiger partial charge in [0.1, 0.15) is 65.2 Å². The molecule has 35 nitrogen and oxygen atoms in total. The number of amides is 4. The molecule has 612 valence electrons. The number of carbonyl (C=O) groups is 10. The van der Waals surface area contributed by atoms with E-state index in [1.54, 1.807) is 6.92 Å². The van der Waals surface area contributed by atoms with E-state index in [0.717, 1.165) is 38.9 Å². The van der Waals surface area contributed by atoms with Gasteiger partial charge in [-0.05, 0) is 81.1 Å². The third-order valence-corrected chi connectivity index (χ3v) is 12.1. The zero-order valence-corrected chi connectivity index (χ0v) is 64.0. The predicted molar refractivity (Wildman–Crippen MR) is 384 cm³/mol. The number of ether oxygens (including phenoxy) is 18. The molecular weight excluding hydrogens is 1370 g/mol. The van der Waals surface area contributed by atoms with E-state index in [4.69, 9.17) is 85.3 Å². The lowest BCUT2D eigenvalue weighted by Crippen LogP contribution is -2.32. The molecule has 104 heavy (non-hydrogen) atoms. The van der Waals surface area contributed by atoms with Crippen molar-refractivity contribution in [2.24, 2.45) is 0 Å². The van der Waals surface area contributed by atoms with Crippen LogP contribution in [0.1, 0.15) is 86.0 Å². The third kappa shape index (κ3) is 103. The van der Waals surface area contributed by atoms with Crippen molar-refractivity contribution >= 4 is 58.3 Å². The van der Waals surface area contributed by atoms with Gasteiger partial charge in [-0.25, -0.2) is 0 Å². The van der Waals surface area contributed by atoms with E-state index in [2.05, 4.69) is 44.1 Å². The molecule has 0 aliphatic rings. The Bertz CT molecular complexity index is 2010. The number of Topliss-reactive ketones (excluding diaryl/α,β-unsaturated/α-hetero) is 6. The maximum absolute atomic E-state index is 12.0. The Morgan fingerprint density at radius 3 is 0.673 bits per heavy atom. The molecule has 0 rings (SSSR count). The first-order valence-corrected chi connectivity index (χ1v) is 35.9. The molecule has 0 aliphatic heterocycles. The van der Waals surface area contributed by atoms with Crippen LogP contribution in [-0.4, -0.2) is 363 Å². The van der Waals surface area contributed by atoms with E-state index in [1.807, 2.05) is 21.1 Å². The molecule has 35 heteroatoms. The summed E-state index contributed by atoms with van der Waals surface area (Å²) in [6, 6.07) is 0. The Hall–Kier alpha value is -4.94. The van der Waals surface area contributed by atoms with Gasteiger partial charge >= 0.3 is 0 Å². The summed E-state index contributed by atoms with van der Waals surface area (Å²) in [6.45, 7) is 22.5. The van der Waals surface area contributed by atoms with Gasteiger partial charge in [-0.3, -0.25) is 43.2 Å². The molecule has 0 aliphatic carbocycles. The molecule has 0 saturated heterocycles. The van der Waals surface area contributed by atoms with Crippen molar-refractivity contribution in [3.63, 3.8) is 0 Å². The SMILES string of the molecule is CCCCOCCOCC(=O)NCCOCCOCC(=O)NCCOCCOCC(=O)NCCOCCOCC(=O)CCCOCCOCC(=O)CCCOCCOCC(C)=O.CNCCCC(C)=O.CNCCOCCOCC(=O)NCCOCCOCC(C)=O.CNCCOCCOCC(C)=O. The van der Waals surface area contributed by atoms with Crippen molar-refractivity contribution in [1.82, 2.24) is 37.2 Å². The average molecular weight is 1510 g/mol. The number of ketones is 6. The second kappa shape index (κ2) is 90.5. The van der Waals surface area contributed by atoms with Crippen molar-refractivity contribution in [2.45, 2.75) is 86.0 Å². The third-order valence-electron chi connectivity index (χ3n) is 12.1. The van der Waals surface area contributed by atoms with Gasteiger partial charge in [0.25, 0.3) is 0 Å². The minimum absolute atomic E-state index is 0.0110. The van der Waals surface area contributed by atoms with Crippen LogP contribution in [0.3, 0.4) is 0 Å². The van der Waals surface area contributed by atoms with Crippen molar-refractivity contribution in [1.29, 1.82) is 0 Å². The maximum Gasteiger partial charge on any atom is 0.246 e. The minimum Gasteiger partial charge on any atom is -0.379 e. The van der Waals surface area contributed by atoms with Crippen LogP contribution in [-0.2, 0) is 133 Å². The van der Waals surface area contributed by atoms with Crippen LogP contribution in [0, 0.1) is 0 Å². The van der Waals surface area contributed by atoms with Crippen LogP contribution in [0.25, 0.3) is 0 Å². The molecule has 0 aromatic rings. The van der Waals surface area contributed by atoms with E-state index in [1.165, 1.54) is 20.8 Å². The Morgan fingerprint density at radius 2 is 0.433 bits per heavy atom. The average Bonchev–Trinajstić information content (AvgIpc) is 3.77. The van der Waals surface area contributed by atoms with E-state index < -0.39 is 0 Å². The molecule has 0 atom stereocenters. The van der Waals surface area contributed by atoms with Gasteiger partial charge in [-0.15, -0.1) is 0 Å². The number of hydrogen-bond acceptors (Lipinski definition) is 31. The van der Waals surface area contributed by atoms with E-state index in [-0.39, 0.29) is 177 Å². The zero-order chi connectivity index (χ0) is 77.5. The Morgan fingerprint density at radius 1 is 0.212 bits per heavy atom. The summed E-state index contributed by atoms with van der Waals surface area (Å²) in [5, 5.41) is 19.6. The fraction of sp³-hybridized carbons (Fsp3) is 0.855. The molecule has 0 aromatic carbocycles. The molecule has 0 bridgehead atoms. The van der Waals surface area contributed by atoms with E-state index >= 15 is 0 Å². The number of rotatable bonds is 78. The second-order valence-electron chi connectivity index (χ2n) is 22.2. The van der Waals surface area contributed by atoms with Crippen molar-refractivity contribution in [3.8, 4) is 0 Å². The smallest absolute Gasteiger partial charge is 0.246 e. The molecule has 0 spiro atoms. The highest BCUT2D eigenvalue weighted by atomic mass is 16.6. The lowest BCUT2D eigenvalue weighted by molar-refractivity contribution is -0.128. The molecule has 0 saturated carbocycles. The van der Waals surface area contributed by atoms with Crippen LogP contribution < -0.4 is 37.2 Å². The lowest BCUT2D eigenvalue weighted by atomic mass is 10.2. The minimum atomic E-state index is -0.299. The lowest BCUT2D eigenvalue weighted by Gasteiger charge is -2.09. The molecule has 0 aromatic heterocycles. The molecule has 0 unspecified atom stereocenters. The maximum atomic E-state index is 12.0. The van der Waals surface area contributed by atoms with Gasteiger partial charge in [0.15, 0.2) is 28.9 Å². The number of likely N-dealkylation sites (N-methyl/N-ethyl adjacent to an activating group) is 2. The second-order valence-corrected chi connectivity index (χ2v) is 22.2. The molecule has 0 radical (unpaired) electrons. The van der Waals surface area contributed by atoms with Gasteiger partial charge in [0, 0.05) is 78.4 Å². The monoisotopic (exact) mass is 1510 g/mol. The first kappa shape index (κ1) is 105. The van der Waals surface area contributed by atoms with Crippen LogP contribution in [0.15, 0.2) is 0 Å². The number of carbonyl (C=O) groups excluding carboxylic acids is 10. The van der Waals surface area contributed by atoms with Crippen LogP contribution in [0.4, 0.5) is 0 Å². The zero-order valence-electron chi connectivity index (χ0n) is 64.0. The summed E-state index contributed by atoms with van der Waals surface area (Å²) in [6.07, 6.45) is 5.55. The topological polar surface area (TPSA) is 421 Å². The Kier molecular flexibility index (Phi) is 91.7. The van der Waals surface area contributed by atoms with Crippen molar-refractivity contribution < 1.29 is 133 Å². The normalized spacial score (nSPS) is 10.8. The summed E-state index contributed by atoms with van der Waals surface area (Å²) >= 11 is 0. The number of nitrogens with one attached hydrogen (secondary N) is 7. The highest BCUT2D eigenvalue weighted by molar-refractivity contribution is 5.80. The van der Waals surface area contributed by atoms with Gasteiger partial charge in [0.2, 0.25) is 23.6 Å². The van der Waals surface area contributed by atoms with E-state index in [9.17, 15) is 47.9 Å². The molecule has 7 N–H and O–H groups in total. The van der Waals surface area contributed by atoms with Crippen LogP contribution >= 0.6 is 0 Å². The fourth-order valence-electron chi connectivity index (χ4n) is 6.91. The molecule has 0 heterocycles. The number of hydrogen-bond donors (Lipinski definition) is 7. The quantitative estimate of drug-likeness (QED) is 0.0359. The van der Waals surface area contributed by atoms with Gasteiger partial charge in [-0.1, -0.05) is 13.3 Å². The van der Waals surface area contributed by atoms with Crippen LogP contribution in [0.5, 0.6) is 0 Å². The first-order chi connectivity index (χ1) is 50.4. The van der Waals surface area contributed by atoms with Crippen molar-refractivity contribution in [2.75, 3.05) is 305 Å². The van der Waals surface area contributed by atoms with Gasteiger partial charge in [0.05, 0.1) is 159 Å².